The third kappa shape index (κ3) is 4.47. The zero-order valence-corrected chi connectivity index (χ0v) is 12.4. The monoisotopic (exact) mass is 296 g/mol. The van der Waals surface area contributed by atoms with Crippen LogP contribution in [0, 0.1) is 5.92 Å². The van der Waals surface area contributed by atoms with E-state index in [2.05, 4.69) is 10.2 Å². The van der Waals surface area contributed by atoms with Gasteiger partial charge >= 0.3 is 0 Å². The van der Waals surface area contributed by atoms with E-state index in [1.165, 1.54) is 0 Å². The van der Waals surface area contributed by atoms with Crippen LogP contribution in [0.2, 0.25) is 5.02 Å². The lowest BCUT2D eigenvalue weighted by Crippen LogP contribution is -2.43. The molecule has 0 saturated carbocycles. The average molecular weight is 297 g/mol. The summed E-state index contributed by atoms with van der Waals surface area (Å²) in [4.78, 5) is 14.1. The van der Waals surface area contributed by atoms with E-state index >= 15 is 0 Å². The van der Waals surface area contributed by atoms with Gasteiger partial charge in [0, 0.05) is 17.3 Å². The van der Waals surface area contributed by atoms with Crippen molar-refractivity contribution in [2.24, 2.45) is 5.92 Å². The highest BCUT2D eigenvalue weighted by molar-refractivity contribution is 6.30. The van der Waals surface area contributed by atoms with E-state index < -0.39 is 0 Å². The first-order valence-corrected chi connectivity index (χ1v) is 7.38. The minimum absolute atomic E-state index is 0.0291. The summed E-state index contributed by atoms with van der Waals surface area (Å²) < 4.78 is 0. The van der Waals surface area contributed by atoms with Gasteiger partial charge in [-0.05, 0) is 56.5 Å². The topological polar surface area (TPSA) is 52.6 Å². The van der Waals surface area contributed by atoms with Crippen molar-refractivity contribution in [3.8, 4) is 0 Å². The standard InChI is InChI=1S/C15H21ClN2O2/c1-11(19)12-3-2-8-18(9-12)10-15(20)17-14-6-4-13(16)5-7-14/h4-7,11-12,19H,2-3,8-10H2,1H3,(H,17,20). The first kappa shape index (κ1) is 15.3. The Morgan fingerprint density at radius 3 is 2.85 bits per heavy atom. The van der Waals surface area contributed by atoms with E-state index in [0.717, 1.165) is 31.6 Å². The molecule has 2 unspecified atom stereocenters. The fraction of sp³-hybridized carbons (Fsp3) is 0.533. The number of carbonyl (C=O) groups excluding carboxylic acids is 1. The molecule has 20 heavy (non-hydrogen) atoms. The van der Waals surface area contributed by atoms with Gasteiger partial charge in [0.15, 0.2) is 0 Å². The Labute approximate surface area is 124 Å². The van der Waals surface area contributed by atoms with Crippen LogP contribution in [0.4, 0.5) is 5.69 Å². The van der Waals surface area contributed by atoms with Crippen molar-refractivity contribution in [2.45, 2.75) is 25.9 Å². The Balaban J connectivity index is 1.83. The van der Waals surface area contributed by atoms with Gasteiger partial charge in [-0.3, -0.25) is 9.69 Å². The van der Waals surface area contributed by atoms with Gasteiger partial charge in [0.05, 0.1) is 12.6 Å². The molecular formula is C15H21ClN2O2. The Bertz CT molecular complexity index is 448. The van der Waals surface area contributed by atoms with Gasteiger partial charge in [0.25, 0.3) is 0 Å². The molecule has 1 aromatic carbocycles. The summed E-state index contributed by atoms with van der Waals surface area (Å²) in [7, 11) is 0. The number of hydrogen-bond donors (Lipinski definition) is 2. The summed E-state index contributed by atoms with van der Waals surface area (Å²) in [5.41, 5.74) is 0.753. The number of rotatable bonds is 4. The van der Waals surface area contributed by atoms with E-state index in [4.69, 9.17) is 11.6 Å². The Kier molecular flexibility index (Phi) is 5.40. The number of aliphatic hydroxyl groups excluding tert-OH is 1. The quantitative estimate of drug-likeness (QED) is 0.897. The zero-order chi connectivity index (χ0) is 14.5. The van der Waals surface area contributed by atoms with E-state index in [0.29, 0.717) is 11.6 Å². The number of halogens is 1. The van der Waals surface area contributed by atoms with Gasteiger partial charge in [0.2, 0.25) is 5.91 Å². The maximum atomic E-state index is 12.0. The fourth-order valence-electron chi connectivity index (χ4n) is 2.57. The van der Waals surface area contributed by atoms with E-state index in [1.807, 2.05) is 6.92 Å². The number of nitrogens with one attached hydrogen (secondary N) is 1. The van der Waals surface area contributed by atoms with Crippen molar-refractivity contribution in [1.29, 1.82) is 0 Å². The van der Waals surface area contributed by atoms with E-state index in [9.17, 15) is 9.90 Å². The highest BCUT2D eigenvalue weighted by atomic mass is 35.5. The molecule has 1 aliphatic rings. The SMILES string of the molecule is CC(O)C1CCCN(CC(=O)Nc2ccc(Cl)cc2)C1. The van der Waals surface area contributed by atoms with Crippen molar-refractivity contribution >= 4 is 23.2 Å². The van der Waals surface area contributed by atoms with Crippen molar-refractivity contribution < 1.29 is 9.90 Å². The molecule has 0 aliphatic carbocycles. The molecule has 1 aliphatic heterocycles. The molecular weight excluding hydrogens is 276 g/mol. The molecule has 2 rings (SSSR count). The molecule has 0 radical (unpaired) electrons. The number of nitrogens with zero attached hydrogens (tertiary/aromatic N) is 1. The Morgan fingerprint density at radius 2 is 2.20 bits per heavy atom. The predicted molar refractivity (Wildman–Crippen MR) is 80.9 cm³/mol. The van der Waals surface area contributed by atoms with Gasteiger partial charge in [-0.25, -0.2) is 0 Å². The van der Waals surface area contributed by atoms with Gasteiger partial charge in [-0.2, -0.15) is 0 Å². The molecule has 1 amide bonds. The smallest absolute Gasteiger partial charge is 0.238 e. The summed E-state index contributed by atoms with van der Waals surface area (Å²) in [6.07, 6.45) is 1.76. The second kappa shape index (κ2) is 7.07. The molecule has 0 aromatic heterocycles. The molecule has 4 nitrogen and oxygen atoms in total. The lowest BCUT2D eigenvalue weighted by Gasteiger charge is -2.33. The number of carbonyl (C=O) groups is 1. The molecule has 2 atom stereocenters. The number of piperidine rings is 1. The fourth-order valence-corrected chi connectivity index (χ4v) is 2.69. The number of amides is 1. The molecule has 1 fully saturated rings. The van der Waals surface area contributed by atoms with Crippen LogP contribution in [-0.4, -0.2) is 41.7 Å². The third-order valence-electron chi connectivity index (χ3n) is 3.72. The number of likely N-dealkylation sites (tertiary alicyclic amines) is 1. The summed E-state index contributed by atoms with van der Waals surface area (Å²) in [5, 5.41) is 13.2. The first-order valence-electron chi connectivity index (χ1n) is 7.00. The molecule has 1 saturated heterocycles. The number of hydrogen-bond acceptors (Lipinski definition) is 3. The van der Waals surface area contributed by atoms with Crippen LogP contribution < -0.4 is 5.32 Å². The lowest BCUT2D eigenvalue weighted by molar-refractivity contribution is -0.118. The Hall–Kier alpha value is -1.10. The van der Waals surface area contributed by atoms with Crippen molar-refractivity contribution in [3.63, 3.8) is 0 Å². The number of benzene rings is 1. The maximum Gasteiger partial charge on any atom is 0.238 e. The average Bonchev–Trinajstić information content (AvgIpc) is 2.41. The predicted octanol–water partition coefficient (Wildman–Crippen LogP) is 2.37. The second-order valence-electron chi connectivity index (χ2n) is 5.43. The van der Waals surface area contributed by atoms with Crippen LogP contribution in [0.1, 0.15) is 19.8 Å². The maximum absolute atomic E-state index is 12.0. The Morgan fingerprint density at radius 1 is 1.50 bits per heavy atom. The van der Waals surface area contributed by atoms with Gasteiger partial charge in [-0.15, -0.1) is 0 Å². The van der Waals surface area contributed by atoms with Gasteiger partial charge < -0.3 is 10.4 Å². The molecule has 1 heterocycles. The van der Waals surface area contributed by atoms with Crippen molar-refractivity contribution in [1.82, 2.24) is 4.90 Å². The van der Waals surface area contributed by atoms with Crippen LogP contribution in [0.15, 0.2) is 24.3 Å². The molecule has 1 aromatic rings. The minimum Gasteiger partial charge on any atom is -0.393 e. The third-order valence-corrected chi connectivity index (χ3v) is 3.97. The van der Waals surface area contributed by atoms with Crippen LogP contribution >= 0.6 is 11.6 Å². The second-order valence-corrected chi connectivity index (χ2v) is 5.87. The van der Waals surface area contributed by atoms with E-state index in [1.54, 1.807) is 24.3 Å². The summed E-state index contributed by atoms with van der Waals surface area (Å²) in [6.45, 7) is 3.89. The van der Waals surface area contributed by atoms with Crippen molar-refractivity contribution in [2.75, 3.05) is 25.0 Å². The van der Waals surface area contributed by atoms with Crippen LogP contribution in [0.5, 0.6) is 0 Å². The molecule has 110 valence electrons. The zero-order valence-electron chi connectivity index (χ0n) is 11.7. The number of aliphatic hydroxyl groups is 1. The highest BCUT2D eigenvalue weighted by Crippen LogP contribution is 2.19. The van der Waals surface area contributed by atoms with Gasteiger partial charge in [0.1, 0.15) is 0 Å². The van der Waals surface area contributed by atoms with Gasteiger partial charge in [-0.1, -0.05) is 11.6 Å². The summed E-state index contributed by atoms with van der Waals surface area (Å²) in [5.74, 6) is 0.241. The molecule has 0 spiro atoms. The van der Waals surface area contributed by atoms with E-state index in [-0.39, 0.29) is 17.9 Å². The largest absolute Gasteiger partial charge is 0.393 e. The normalized spacial score (nSPS) is 21.4. The highest BCUT2D eigenvalue weighted by Gasteiger charge is 2.24. The van der Waals surface area contributed by atoms with Crippen LogP contribution in [-0.2, 0) is 4.79 Å². The first-order chi connectivity index (χ1) is 9.54. The van der Waals surface area contributed by atoms with Crippen LogP contribution in [0.3, 0.4) is 0 Å². The van der Waals surface area contributed by atoms with Crippen LogP contribution in [0.25, 0.3) is 0 Å². The molecule has 2 N–H and O–H groups in total. The summed E-state index contributed by atoms with van der Waals surface area (Å²) >= 11 is 5.80. The number of anilines is 1. The lowest BCUT2D eigenvalue weighted by atomic mass is 9.93. The summed E-state index contributed by atoms with van der Waals surface area (Å²) in [6, 6.07) is 7.08. The molecule has 0 bridgehead atoms. The minimum atomic E-state index is -0.308. The van der Waals surface area contributed by atoms with Crippen molar-refractivity contribution in [3.05, 3.63) is 29.3 Å². The molecule has 5 heteroatoms.